The molecule has 2 heterocycles. The zero-order chi connectivity index (χ0) is 16.8. The van der Waals surface area contributed by atoms with Gasteiger partial charge in [-0.3, -0.25) is 0 Å². The van der Waals surface area contributed by atoms with E-state index in [1.165, 1.54) is 43.7 Å². The molecule has 5 nitrogen and oxygen atoms in total. The van der Waals surface area contributed by atoms with Crippen LogP contribution in [0, 0.1) is 0 Å². The predicted molar refractivity (Wildman–Crippen MR) is 99.8 cm³/mol. The molecule has 2 fully saturated rings. The minimum absolute atomic E-state index is 0.0723. The summed E-state index contributed by atoms with van der Waals surface area (Å²) in [5.74, 6) is 0. The number of piperidine rings is 2. The summed E-state index contributed by atoms with van der Waals surface area (Å²) in [6.45, 7) is 6.66. The van der Waals surface area contributed by atoms with E-state index in [1.807, 2.05) is 11.8 Å². The van der Waals surface area contributed by atoms with Crippen molar-refractivity contribution in [2.45, 2.75) is 45.1 Å². The fraction of sp³-hybridized carbons (Fsp3) is 0.632. The Bertz CT molecular complexity index is 534. The molecule has 2 aliphatic rings. The van der Waals surface area contributed by atoms with Crippen molar-refractivity contribution in [3.05, 3.63) is 24.3 Å². The number of benzene rings is 1. The molecular weight excluding hydrogens is 300 g/mol. The van der Waals surface area contributed by atoms with Crippen LogP contribution < -0.4 is 15.5 Å². The second kappa shape index (κ2) is 8.27. The van der Waals surface area contributed by atoms with Crippen LogP contribution in [0.1, 0.15) is 39.0 Å². The summed E-state index contributed by atoms with van der Waals surface area (Å²) in [5, 5.41) is 6.55. The van der Waals surface area contributed by atoms with Crippen molar-refractivity contribution in [3.63, 3.8) is 0 Å². The summed E-state index contributed by atoms with van der Waals surface area (Å²) in [5.41, 5.74) is 2.54. The predicted octanol–water partition coefficient (Wildman–Crippen LogP) is 3.28. The topological polar surface area (TPSA) is 47.6 Å². The van der Waals surface area contributed by atoms with E-state index >= 15 is 0 Å². The molecule has 0 aromatic heterocycles. The molecule has 24 heavy (non-hydrogen) atoms. The van der Waals surface area contributed by atoms with Crippen LogP contribution in [-0.4, -0.2) is 49.7 Å². The molecule has 2 aliphatic heterocycles. The van der Waals surface area contributed by atoms with Gasteiger partial charge in [0.2, 0.25) is 0 Å². The van der Waals surface area contributed by atoms with Gasteiger partial charge in [-0.05, 0) is 57.2 Å². The first-order valence-corrected chi connectivity index (χ1v) is 9.40. The van der Waals surface area contributed by atoms with Crippen molar-refractivity contribution in [1.82, 2.24) is 10.2 Å². The van der Waals surface area contributed by atoms with Crippen molar-refractivity contribution < 1.29 is 4.79 Å². The Kier molecular flexibility index (Phi) is 5.83. The number of hydrogen-bond donors (Lipinski definition) is 2. The Morgan fingerprint density at radius 1 is 1.12 bits per heavy atom. The quantitative estimate of drug-likeness (QED) is 0.891. The van der Waals surface area contributed by atoms with Crippen LogP contribution in [0.2, 0.25) is 0 Å². The lowest BCUT2D eigenvalue weighted by Crippen LogP contribution is -2.46. The van der Waals surface area contributed by atoms with Crippen LogP contribution in [0.3, 0.4) is 0 Å². The van der Waals surface area contributed by atoms with Crippen molar-refractivity contribution in [2.24, 2.45) is 0 Å². The zero-order valence-electron chi connectivity index (χ0n) is 14.8. The smallest absolute Gasteiger partial charge is 0.317 e. The van der Waals surface area contributed by atoms with Gasteiger partial charge in [0.05, 0.1) is 0 Å². The third-order valence-electron chi connectivity index (χ3n) is 5.05. The van der Waals surface area contributed by atoms with Crippen LogP contribution in [0.25, 0.3) is 0 Å². The van der Waals surface area contributed by atoms with Gasteiger partial charge in [-0.1, -0.05) is 6.07 Å². The van der Waals surface area contributed by atoms with Gasteiger partial charge < -0.3 is 20.4 Å². The molecule has 0 saturated carbocycles. The standard InChI is InChI=1S/C19H30N4O/c1-2-20-19(24)23-13-9-16(10-14-23)21-17-7-6-8-18(15-17)22-11-4-3-5-12-22/h6-8,15-16,21H,2-5,9-14H2,1H3,(H,20,24). The Morgan fingerprint density at radius 2 is 1.88 bits per heavy atom. The average molecular weight is 330 g/mol. The summed E-state index contributed by atoms with van der Waals surface area (Å²) in [6.07, 6.45) is 5.97. The second-order valence-electron chi connectivity index (χ2n) is 6.84. The van der Waals surface area contributed by atoms with Crippen LogP contribution in [0.5, 0.6) is 0 Å². The Morgan fingerprint density at radius 3 is 2.58 bits per heavy atom. The van der Waals surface area contributed by atoms with E-state index < -0.39 is 0 Å². The molecule has 0 aliphatic carbocycles. The molecule has 0 unspecified atom stereocenters. The minimum atomic E-state index is 0.0723. The first-order valence-electron chi connectivity index (χ1n) is 9.40. The van der Waals surface area contributed by atoms with E-state index in [2.05, 4.69) is 39.8 Å². The molecular formula is C19H30N4O. The summed E-state index contributed by atoms with van der Waals surface area (Å²) < 4.78 is 0. The minimum Gasteiger partial charge on any atom is -0.382 e. The van der Waals surface area contributed by atoms with Gasteiger partial charge in [-0.2, -0.15) is 0 Å². The molecule has 5 heteroatoms. The number of likely N-dealkylation sites (tertiary alicyclic amines) is 1. The van der Waals surface area contributed by atoms with Gasteiger partial charge >= 0.3 is 6.03 Å². The number of nitrogens with one attached hydrogen (secondary N) is 2. The first-order chi connectivity index (χ1) is 11.8. The lowest BCUT2D eigenvalue weighted by Gasteiger charge is -2.33. The van der Waals surface area contributed by atoms with Gasteiger partial charge in [0.15, 0.2) is 0 Å². The number of hydrogen-bond acceptors (Lipinski definition) is 3. The molecule has 2 N–H and O–H groups in total. The van der Waals surface area contributed by atoms with Crippen LogP contribution >= 0.6 is 0 Å². The number of urea groups is 1. The summed E-state index contributed by atoms with van der Waals surface area (Å²) in [4.78, 5) is 16.3. The molecule has 0 bridgehead atoms. The summed E-state index contributed by atoms with van der Waals surface area (Å²) in [7, 11) is 0. The van der Waals surface area contributed by atoms with E-state index in [0.29, 0.717) is 12.6 Å². The number of carbonyl (C=O) groups excluding carboxylic acids is 1. The Hall–Kier alpha value is -1.91. The van der Waals surface area contributed by atoms with Crippen molar-refractivity contribution >= 4 is 17.4 Å². The van der Waals surface area contributed by atoms with Crippen molar-refractivity contribution in [2.75, 3.05) is 42.9 Å². The van der Waals surface area contributed by atoms with Crippen molar-refractivity contribution in [1.29, 1.82) is 0 Å². The van der Waals surface area contributed by atoms with Gasteiger partial charge in [0, 0.05) is 50.1 Å². The number of amides is 2. The largest absolute Gasteiger partial charge is 0.382 e. The fourth-order valence-electron chi connectivity index (χ4n) is 3.67. The van der Waals surface area contributed by atoms with Crippen LogP contribution in [-0.2, 0) is 0 Å². The Balaban J connectivity index is 1.52. The summed E-state index contributed by atoms with van der Waals surface area (Å²) >= 11 is 0. The molecule has 132 valence electrons. The molecule has 0 atom stereocenters. The van der Waals surface area contributed by atoms with E-state index in [9.17, 15) is 4.79 Å². The van der Waals surface area contributed by atoms with Gasteiger partial charge in [0.25, 0.3) is 0 Å². The van der Waals surface area contributed by atoms with Gasteiger partial charge in [-0.25, -0.2) is 4.79 Å². The monoisotopic (exact) mass is 330 g/mol. The molecule has 0 radical (unpaired) electrons. The molecule has 1 aromatic rings. The van der Waals surface area contributed by atoms with E-state index in [4.69, 9.17) is 0 Å². The number of anilines is 2. The van der Waals surface area contributed by atoms with Gasteiger partial charge in [-0.15, -0.1) is 0 Å². The lowest BCUT2D eigenvalue weighted by molar-refractivity contribution is 0.184. The molecule has 2 saturated heterocycles. The fourth-order valence-corrected chi connectivity index (χ4v) is 3.67. The molecule has 0 spiro atoms. The number of carbonyl (C=O) groups is 1. The average Bonchev–Trinajstić information content (AvgIpc) is 2.63. The van der Waals surface area contributed by atoms with Crippen molar-refractivity contribution in [3.8, 4) is 0 Å². The Labute approximate surface area is 145 Å². The van der Waals surface area contributed by atoms with Gasteiger partial charge in [0.1, 0.15) is 0 Å². The number of nitrogens with zero attached hydrogens (tertiary/aromatic N) is 2. The lowest BCUT2D eigenvalue weighted by atomic mass is 10.0. The normalized spacial score (nSPS) is 19.2. The van der Waals surface area contributed by atoms with Crippen LogP contribution in [0.4, 0.5) is 16.2 Å². The van der Waals surface area contributed by atoms with Crippen LogP contribution in [0.15, 0.2) is 24.3 Å². The molecule has 3 rings (SSSR count). The highest BCUT2D eigenvalue weighted by Gasteiger charge is 2.22. The SMILES string of the molecule is CCNC(=O)N1CCC(Nc2cccc(N3CCCCC3)c2)CC1. The molecule has 2 amide bonds. The molecule has 1 aromatic carbocycles. The number of rotatable bonds is 4. The van der Waals surface area contributed by atoms with E-state index in [-0.39, 0.29) is 6.03 Å². The second-order valence-corrected chi connectivity index (χ2v) is 6.84. The van der Waals surface area contributed by atoms with E-state index in [0.717, 1.165) is 25.9 Å². The summed E-state index contributed by atoms with van der Waals surface area (Å²) in [6, 6.07) is 9.32. The maximum atomic E-state index is 11.9. The highest BCUT2D eigenvalue weighted by atomic mass is 16.2. The highest BCUT2D eigenvalue weighted by molar-refractivity contribution is 5.74. The maximum absolute atomic E-state index is 11.9. The van der Waals surface area contributed by atoms with E-state index in [1.54, 1.807) is 0 Å². The maximum Gasteiger partial charge on any atom is 0.317 e. The first kappa shape index (κ1) is 16.9. The third-order valence-corrected chi connectivity index (χ3v) is 5.05. The third kappa shape index (κ3) is 4.34. The highest BCUT2D eigenvalue weighted by Crippen LogP contribution is 2.24. The zero-order valence-corrected chi connectivity index (χ0v) is 14.8.